The van der Waals surface area contributed by atoms with Crippen molar-refractivity contribution in [1.82, 2.24) is 5.32 Å². The summed E-state index contributed by atoms with van der Waals surface area (Å²) in [6.07, 6.45) is 2.83. The molecule has 1 amide bonds. The number of nitrogens with one attached hydrogen (secondary N) is 1. The van der Waals surface area contributed by atoms with Crippen molar-refractivity contribution in [2.45, 2.75) is 13.0 Å². The molecule has 0 aliphatic rings. The zero-order chi connectivity index (χ0) is 14.4. The third kappa shape index (κ3) is 4.75. The second-order valence-corrected chi connectivity index (χ2v) is 4.70. The van der Waals surface area contributed by atoms with Gasteiger partial charge < -0.3 is 15.2 Å². The number of carboxylic acid groups (broad SMARTS) is 1. The average molecular weight is 328 g/mol. The molecule has 0 heterocycles. The molecule has 0 saturated heterocycles. The maximum Gasteiger partial charge on any atom is 0.325 e. The molecule has 1 rings (SSSR count). The van der Waals surface area contributed by atoms with Gasteiger partial charge >= 0.3 is 5.97 Å². The number of aliphatic carboxylic acids is 1. The van der Waals surface area contributed by atoms with E-state index in [2.05, 4.69) is 21.2 Å². The van der Waals surface area contributed by atoms with Crippen LogP contribution in [0.3, 0.4) is 0 Å². The van der Waals surface area contributed by atoms with Gasteiger partial charge in [0.25, 0.3) is 0 Å². The van der Waals surface area contributed by atoms with Crippen molar-refractivity contribution in [2.24, 2.45) is 0 Å². The summed E-state index contributed by atoms with van der Waals surface area (Å²) in [5.41, 5.74) is 0.718. The summed E-state index contributed by atoms with van der Waals surface area (Å²) in [6.45, 7) is 1.40. The smallest absolute Gasteiger partial charge is 0.325 e. The van der Waals surface area contributed by atoms with Crippen LogP contribution in [0.25, 0.3) is 6.08 Å². The molecule has 0 aromatic heterocycles. The minimum Gasteiger partial charge on any atom is -0.496 e. The molecular formula is C13H14BrNO4. The SMILES string of the molecule is COc1ccc(Br)cc1C=CC(=O)N[C@H](C)C(=O)O. The van der Waals surface area contributed by atoms with Crippen molar-refractivity contribution in [2.75, 3.05) is 7.11 Å². The summed E-state index contributed by atoms with van der Waals surface area (Å²) in [4.78, 5) is 22.1. The summed E-state index contributed by atoms with van der Waals surface area (Å²) in [7, 11) is 1.53. The van der Waals surface area contributed by atoms with Crippen molar-refractivity contribution >= 4 is 33.9 Å². The van der Waals surface area contributed by atoms with Gasteiger partial charge in [0.15, 0.2) is 0 Å². The van der Waals surface area contributed by atoms with E-state index in [0.29, 0.717) is 5.75 Å². The maximum absolute atomic E-state index is 11.5. The molecule has 0 aliphatic carbocycles. The Balaban J connectivity index is 2.78. The molecule has 0 fully saturated rings. The van der Waals surface area contributed by atoms with Crippen LogP contribution in [0.1, 0.15) is 12.5 Å². The third-order valence-electron chi connectivity index (χ3n) is 2.34. The van der Waals surface area contributed by atoms with Crippen LogP contribution in [0.4, 0.5) is 0 Å². The fourth-order valence-corrected chi connectivity index (χ4v) is 1.70. The van der Waals surface area contributed by atoms with Crippen LogP contribution < -0.4 is 10.1 Å². The molecule has 1 aromatic rings. The van der Waals surface area contributed by atoms with Gasteiger partial charge in [0.05, 0.1) is 7.11 Å². The lowest BCUT2D eigenvalue weighted by molar-refractivity contribution is -0.140. The fraction of sp³-hybridized carbons (Fsp3) is 0.231. The molecule has 1 aromatic carbocycles. The first kappa shape index (κ1) is 15.2. The number of halogens is 1. The Labute approximate surface area is 119 Å². The second kappa shape index (κ2) is 6.94. The summed E-state index contributed by atoms with van der Waals surface area (Å²) in [5, 5.41) is 11.0. The minimum atomic E-state index is -1.08. The summed E-state index contributed by atoms with van der Waals surface area (Å²) in [6, 6.07) is 4.45. The maximum atomic E-state index is 11.5. The molecule has 2 N–H and O–H groups in total. The third-order valence-corrected chi connectivity index (χ3v) is 2.83. The Hall–Kier alpha value is -1.82. The molecule has 0 bridgehead atoms. The molecule has 102 valence electrons. The van der Waals surface area contributed by atoms with Crippen molar-refractivity contribution in [1.29, 1.82) is 0 Å². The van der Waals surface area contributed by atoms with Crippen LogP contribution in [0.2, 0.25) is 0 Å². The van der Waals surface area contributed by atoms with E-state index in [1.165, 1.54) is 20.1 Å². The van der Waals surface area contributed by atoms with E-state index in [9.17, 15) is 9.59 Å². The molecule has 0 radical (unpaired) electrons. The Kier molecular flexibility index (Phi) is 5.57. The molecule has 0 unspecified atom stereocenters. The predicted molar refractivity (Wildman–Crippen MR) is 75.0 cm³/mol. The number of rotatable bonds is 5. The first-order valence-electron chi connectivity index (χ1n) is 5.49. The summed E-state index contributed by atoms with van der Waals surface area (Å²) in [5.74, 6) is -0.933. The van der Waals surface area contributed by atoms with E-state index in [1.54, 1.807) is 18.2 Å². The van der Waals surface area contributed by atoms with E-state index in [4.69, 9.17) is 9.84 Å². The highest BCUT2D eigenvalue weighted by atomic mass is 79.9. The van der Waals surface area contributed by atoms with Crippen molar-refractivity contribution in [3.05, 3.63) is 34.3 Å². The van der Waals surface area contributed by atoms with Crippen LogP contribution in [-0.2, 0) is 9.59 Å². The fourth-order valence-electron chi connectivity index (χ4n) is 1.32. The lowest BCUT2D eigenvalue weighted by Crippen LogP contribution is -2.37. The Morgan fingerprint density at radius 3 is 2.74 bits per heavy atom. The Bertz CT molecular complexity index is 513. The Morgan fingerprint density at radius 2 is 2.16 bits per heavy atom. The zero-order valence-electron chi connectivity index (χ0n) is 10.5. The number of carbonyl (C=O) groups excluding carboxylic acids is 1. The van der Waals surface area contributed by atoms with Crippen LogP contribution in [-0.4, -0.2) is 30.1 Å². The number of benzene rings is 1. The topological polar surface area (TPSA) is 75.6 Å². The number of hydrogen-bond acceptors (Lipinski definition) is 3. The van der Waals surface area contributed by atoms with Crippen LogP contribution >= 0.6 is 15.9 Å². The number of hydrogen-bond donors (Lipinski definition) is 2. The minimum absolute atomic E-state index is 0.475. The number of carbonyl (C=O) groups is 2. The molecular weight excluding hydrogens is 314 g/mol. The summed E-state index contributed by atoms with van der Waals surface area (Å²) < 4.78 is 6.01. The monoisotopic (exact) mass is 327 g/mol. The van der Waals surface area contributed by atoms with E-state index in [1.807, 2.05) is 6.07 Å². The molecule has 19 heavy (non-hydrogen) atoms. The molecule has 0 aliphatic heterocycles. The highest BCUT2D eigenvalue weighted by Gasteiger charge is 2.11. The molecule has 6 heteroatoms. The van der Waals surface area contributed by atoms with E-state index in [-0.39, 0.29) is 0 Å². The standard InChI is InChI=1S/C13H14BrNO4/c1-8(13(17)18)15-12(16)6-3-9-7-10(14)4-5-11(9)19-2/h3-8H,1-2H3,(H,15,16)(H,17,18)/t8-/m1/s1. The first-order chi connectivity index (χ1) is 8.93. The van der Waals surface area contributed by atoms with Gasteiger partial charge in [-0.1, -0.05) is 15.9 Å². The largest absolute Gasteiger partial charge is 0.496 e. The van der Waals surface area contributed by atoms with Gasteiger partial charge in [0.2, 0.25) is 5.91 Å². The number of ether oxygens (including phenoxy) is 1. The zero-order valence-corrected chi connectivity index (χ0v) is 12.1. The van der Waals surface area contributed by atoms with Crippen molar-refractivity contribution in [3.63, 3.8) is 0 Å². The van der Waals surface area contributed by atoms with E-state index in [0.717, 1.165) is 10.0 Å². The van der Waals surface area contributed by atoms with Crippen molar-refractivity contribution < 1.29 is 19.4 Å². The Morgan fingerprint density at radius 1 is 1.47 bits per heavy atom. The van der Waals surface area contributed by atoms with Gasteiger partial charge in [-0.25, -0.2) is 0 Å². The van der Waals surface area contributed by atoms with Gasteiger partial charge in [-0.15, -0.1) is 0 Å². The number of methoxy groups -OCH3 is 1. The van der Waals surface area contributed by atoms with Crippen LogP contribution in [0, 0.1) is 0 Å². The predicted octanol–water partition coefficient (Wildman–Crippen LogP) is 2.06. The average Bonchev–Trinajstić information content (AvgIpc) is 2.36. The highest BCUT2D eigenvalue weighted by molar-refractivity contribution is 9.10. The van der Waals surface area contributed by atoms with Gasteiger partial charge in [-0.2, -0.15) is 0 Å². The lowest BCUT2D eigenvalue weighted by Gasteiger charge is -2.07. The molecule has 0 saturated carbocycles. The summed E-state index contributed by atoms with van der Waals surface area (Å²) >= 11 is 3.32. The molecule has 0 spiro atoms. The second-order valence-electron chi connectivity index (χ2n) is 3.79. The quantitative estimate of drug-likeness (QED) is 0.812. The van der Waals surface area contributed by atoms with E-state index >= 15 is 0 Å². The van der Waals surface area contributed by atoms with Gasteiger partial charge in [0.1, 0.15) is 11.8 Å². The normalized spacial score (nSPS) is 12.2. The highest BCUT2D eigenvalue weighted by Crippen LogP contribution is 2.23. The first-order valence-corrected chi connectivity index (χ1v) is 6.28. The van der Waals surface area contributed by atoms with Crippen LogP contribution in [0.5, 0.6) is 5.75 Å². The van der Waals surface area contributed by atoms with Gasteiger partial charge in [0, 0.05) is 16.1 Å². The van der Waals surface area contributed by atoms with Gasteiger partial charge in [-0.3, -0.25) is 9.59 Å². The van der Waals surface area contributed by atoms with Crippen LogP contribution in [0.15, 0.2) is 28.7 Å². The van der Waals surface area contributed by atoms with Crippen molar-refractivity contribution in [3.8, 4) is 5.75 Å². The molecule has 1 atom stereocenters. The van der Waals surface area contributed by atoms with E-state index < -0.39 is 17.9 Å². The molecule has 5 nitrogen and oxygen atoms in total. The lowest BCUT2D eigenvalue weighted by atomic mass is 10.2. The number of carboxylic acids is 1. The van der Waals surface area contributed by atoms with Gasteiger partial charge in [-0.05, 0) is 31.2 Å². The number of amides is 1.